The average Bonchev–Trinajstić information content (AvgIpc) is 3.18. The molecule has 1 amide bonds. The van der Waals surface area contributed by atoms with Crippen molar-refractivity contribution >= 4 is 28.4 Å². The monoisotopic (exact) mass is 442 g/mol. The van der Waals surface area contributed by atoms with Crippen molar-refractivity contribution in [3.63, 3.8) is 0 Å². The number of aromatic nitrogens is 3. The van der Waals surface area contributed by atoms with E-state index in [0.29, 0.717) is 28.8 Å². The first-order valence-corrected chi connectivity index (χ1v) is 11.0. The van der Waals surface area contributed by atoms with Crippen molar-refractivity contribution in [2.75, 3.05) is 5.32 Å². The highest BCUT2D eigenvalue weighted by atomic mass is 16.2. The summed E-state index contributed by atoms with van der Waals surface area (Å²) in [6.07, 6.45) is 5.23. The minimum Gasteiger partial charge on any atom is -0.332 e. The molecule has 33 heavy (non-hydrogen) atoms. The van der Waals surface area contributed by atoms with Crippen LogP contribution < -0.4 is 10.9 Å². The summed E-state index contributed by atoms with van der Waals surface area (Å²) >= 11 is 0. The van der Waals surface area contributed by atoms with Crippen LogP contribution in [0.15, 0.2) is 71.9 Å². The number of nitrogens with zero attached hydrogens (tertiary/aromatic N) is 3. The summed E-state index contributed by atoms with van der Waals surface area (Å²) in [6, 6.07) is 16.5. The second-order valence-corrected chi connectivity index (χ2v) is 8.02. The molecule has 0 atom stereocenters. The number of aryl methyl sites for hydroxylation is 1. The molecule has 4 aromatic rings. The highest BCUT2D eigenvalue weighted by Crippen LogP contribution is 2.27. The van der Waals surface area contributed by atoms with Gasteiger partial charge in [-0.2, -0.15) is 0 Å². The van der Waals surface area contributed by atoms with Crippen LogP contribution in [0.3, 0.4) is 0 Å². The fourth-order valence-corrected chi connectivity index (χ4v) is 3.83. The molecule has 1 N–H and O–H groups in total. The number of rotatable bonds is 8. The zero-order valence-corrected chi connectivity index (χ0v) is 18.7. The number of fused-ring (bicyclic) bond motifs is 1. The number of nitrogens with one attached hydrogen (secondary N) is 1. The van der Waals surface area contributed by atoms with E-state index in [0.717, 1.165) is 24.0 Å². The standard InChI is InChI=1S/C26H26N4O3/c1-3-4-13-29-17-27-24-22(19-9-6-5-7-10-19)15-30(25(24)26(29)33)16-23(32)28-21-12-8-11-20(14-21)18(2)31/h5-12,14-15,17H,3-4,13,16H2,1-2H3,(H,28,32). The third kappa shape index (κ3) is 4.77. The van der Waals surface area contributed by atoms with Crippen LogP contribution in [0, 0.1) is 0 Å². The van der Waals surface area contributed by atoms with E-state index in [1.165, 1.54) is 6.92 Å². The van der Waals surface area contributed by atoms with Crippen molar-refractivity contribution in [3.05, 3.63) is 83.0 Å². The Morgan fingerprint density at radius 2 is 1.82 bits per heavy atom. The minimum atomic E-state index is -0.296. The molecule has 2 aromatic heterocycles. The molecule has 4 rings (SSSR count). The summed E-state index contributed by atoms with van der Waals surface area (Å²) < 4.78 is 3.27. The topological polar surface area (TPSA) is 86.0 Å². The van der Waals surface area contributed by atoms with Crippen molar-refractivity contribution in [3.8, 4) is 11.1 Å². The first-order valence-electron chi connectivity index (χ1n) is 11.0. The van der Waals surface area contributed by atoms with Gasteiger partial charge in [-0.3, -0.25) is 19.0 Å². The maximum Gasteiger partial charge on any atom is 0.277 e. The summed E-state index contributed by atoms with van der Waals surface area (Å²) in [5.41, 5.74) is 3.60. The highest BCUT2D eigenvalue weighted by Gasteiger charge is 2.18. The first-order chi connectivity index (χ1) is 16.0. The number of unbranched alkanes of at least 4 members (excludes halogenated alkanes) is 1. The van der Waals surface area contributed by atoms with Gasteiger partial charge in [0, 0.05) is 29.6 Å². The number of ketones is 1. The van der Waals surface area contributed by atoms with Gasteiger partial charge < -0.3 is 9.88 Å². The van der Waals surface area contributed by atoms with E-state index in [9.17, 15) is 14.4 Å². The molecule has 0 fully saturated rings. The van der Waals surface area contributed by atoms with Crippen LogP contribution in [0.2, 0.25) is 0 Å². The van der Waals surface area contributed by atoms with Crippen LogP contribution in [0.25, 0.3) is 22.2 Å². The van der Waals surface area contributed by atoms with E-state index >= 15 is 0 Å². The number of anilines is 1. The zero-order valence-electron chi connectivity index (χ0n) is 18.7. The van der Waals surface area contributed by atoms with E-state index < -0.39 is 0 Å². The van der Waals surface area contributed by atoms with Gasteiger partial charge in [0.15, 0.2) is 5.78 Å². The molecule has 0 aliphatic carbocycles. The Morgan fingerprint density at radius 1 is 1.03 bits per heavy atom. The second-order valence-electron chi connectivity index (χ2n) is 8.02. The average molecular weight is 443 g/mol. The molecule has 0 radical (unpaired) electrons. The van der Waals surface area contributed by atoms with Gasteiger partial charge in [-0.15, -0.1) is 0 Å². The van der Waals surface area contributed by atoms with Gasteiger partial charge in [0.2, 0.25) is 5.91 Å². The number of hydrogen-bond donors (Lipinski definition) is 1. The third-order valence-corrected chi connectivity index (χ3v) is 5.55. The molecule has 0 bridgehead atoms. The minimum absolute atomic E-state index is 0.0532. The number of amides is 1. The molecule has 0 saturated carbocycles. The van der Waals surface area contributed by atoms with E-state index in [2.05, 4.69) is 17.2 Å². The molecule has 0 saturated heterocycles. The summed E-state index contributed by atoms with van der Waals surface area (Å²) in [4.78, 5) is 42.4. The Kier molecular flexibility index (Phi) is 6.49. The third-order valence-electron chi connectivity index (χ3n) is 5.55. The van der Waals surface area contributed by atoms with Crippen molar-refractivity contribution in [1.82, 2.24) is 14.1 Å². The van der Waals surface area contributed by atoms with Gasteiger partial charge in [-0.25, -0.2) is 4.98 Å². The number of carbonyl (C=O) groups excluding carboxylic acids is 2. The molecule has 7 nitrogen and oxygen atoms in total. The van der Waals surface area contributed by atoms with E-state index in [1.54, 1.807) is 39.7 Å². The van der Waals surface area contributed by atoms with Crippen LogP contribution >= 0.6 is 0 Å². The lowest BCUT2D eigenvalue weighted by molar-refractivity contribution is -0.116. The number of hydrogen-bond acceptors (Lipinski definition) is 4. The molecule has 0 aliphatic heterocycles. The molecule has 168 valence electrons. The molecule has 0 spiro atoms. The fraction of sp³-hybridized carbons (Fsp3) is 0.231. The van der Waals surface area contributed by atoms with Crippen molar-refractivity contribution in [2.45, 2.75) is 39.8 Å². The normalized spacial score (nSPS) is 11.0. The predicted molar refractivity (Wildman–Crippen MR) is 129 cm³/mol. The van der Waals surface area contributed by atoms with Crippen molar-refractivity contribution < 1.29 is 9.59 Å². The van der Waals surface area contributed by atoms with E-state index in [4.69, 9.17) is 0 Å². The van der Waals surface area contributed by atoms with E-state index in [-0.39, 0.29) is 23.8 Å². The Hall–Kier alpha value is -4.00. The SMILES string of the molecule is CCCCn1cnc2c(-c3ccccc3)cn(CC(=O)Nc3cccc(C(C)=O)c3)c2c1=O. The Morgan fingerprint density at radius 3 is 2.55 bits per heavy atom. The lowest BCUT2D eigenvalue weighted by atomic mass is 10.1. The Balaban J connectivity index is 1.72. The lowest BCUT2D eigenvalue weighted by Crippen LogP contribution is -2.25. The summed E-state index contributed by atoms with van der Waals surface area (Å²) in [6.45, 7) is 4.07. The van der Waals surface area contributed by atoms with Gasteiger partial charge >= 0.3 is 0 Å². The number of carbonyl (C=O) groups is 2. The molecule has 2 heterocycles. The van der Waals surface area contributed by atoms with Crippen LogP contribution in [-0.4, -0.2) is 25.8 Å². The summed E-state index contributed by atoms with van der Waals surface area (Å²) in [5, 5.41) is 2.83. The van der Waals surface area contributed by atoms with Gasteiger partial charge in [0.05, 0.1) is 6.33 Å². The molecule has 7 heteroatoms. The van der Waals surface area contributed by atoms with Crippen LogP contribution in [-0.2, 0) is 17.9 Å². The second kappa shape index (κ2) is 9.65. The Labute approximate surface area is 191 Å². The maximum atomic E-state index is 13.3. The quantitative estimate of drug-likeness (QED) is 0.407. The van der Waals surface area contributed by atoms with Gasteiger partial charge in [0.1, 0.15) is 17.6 Å². The van der Waals surface area contributed by atoms with Crippen LogP contribution in [0.4, 0.5) is 5.69 Å². The summed E-state index contributed by atoms with van der Waals surface area (Å²) in [5.74, 6) is -0.371. The summed E-state index contributed by atoms with van der Waals surface area (Å²) in [7, 11) is 0. The number of Topliss-reactive ketones (excluding diaryl/α,β-unsaturated/α-hetero) is 1. The smallest absolute Gasteiger partial charge is 0.277 e. The zero-order chi connectivity index (χ0) is 23.4. The van der Waals surface area contributed by atoms with Crippen molar-refractivity contribution in [2.24, 2.45) is 0 Å². The van der Waals surface area contributed by atoms with Gasteiger partial charge in [-0.05, 0) is 31.0 Å². The van der Waals surface area contributed by atoms with Gasteiger partial charge in [-0.1, -0.05) is 55.8 Å². The number of benzene rings is 2. The molecule has 0 unspecified atom stereocenters. The van der Waals surface area contributed by atoms with Crippen LogP contribution in [0.1, 0.15) is 37.0 Å². The maximum absolute atomic E-state index is 13.3. The first kappa shape index (κ1) is 22.2. The molecule has 0 aliphatic rings. The molecule has 2 aromatic carbocycles. The van der Waals surface area contributed by atoms with E-state index in [1.807, 2.05) is 36.5 Å². The van der Waals surface area contributed by atoms with Crippen molar-refractivity contribution in [1.29, 1.82) is 0 Å². The predicted octanol–water partition coefficient (Wildman–Crippen LogP) is 4.51. The largest absolute Gasteiger partial charge is 0.332 e. The molecular formula is C26H26N4O3. The van der Waals surface area contributed by atoms with Gasteiger partial charge in [0.25, 0.3) is 5.56 Å². The Bertz CT molecular complexity index is 1370. The highest BCUT2D eigenvalue weighted by molar-refractivity contribution is 5.98. The fourth-order valence-electron chi connectivity index (χ4n) is 3.83. The lowest BCUT2D eigenvalue weighted by Gasteiger charge is -2.09. The molecular weight excluding hydrogens is 416 g/mol. The van der Waals surface area contributed by atoms with Crippen LogP contribution in [0.5, 0.6) is 0 Å².